The highest BCUT2D eigenvalue weighted by molar-refractivity contribution is 5.05. The van der Waals surface area contributed by atoms with Crippen LogP contribution in [-0.4, -0.2) is 49.3 Å². The van der Waals surface area contributed by atoms with Gasteiger partial charge < -0.3 is 10.1 Å². The maximum absolute atomic E-state index is 5.43. The molecule has 3 heteroatoms. The normalized spacial score (nSPS) is 30.4. The minimum absolute atomic E-state index is 0.411. The molecule has 2 rings (SSSR count). The lowest BCUT2D eigenvalue weighted by Gasteiger charge is -2.43. The lowest BCUT2D eigenvalue weighted by molar-refractivity contribution is -0.118. The quantitative estimate of drug-likeness (QED) is 0.758. The van der Waals surface area contributed by atoms with Gasteiger partial charge in [-0.15, -0.1) is 0 Å². The fraction of sp³-hybridized carbons (Fsp3) is 1.00. The number of rotatable bonds is 3. The van der Waals surface area contributed by atoms with Gasteiger partial charge in [0.05, 0.1) is 13.2 Å². The van der Waals surface area contributed by atoms with Crippen molar-refractivity contribution in [1.82, 2.24) is 10.2 Å². The Bertz CT molecular complexity index is 224. The van der Waals surface area contributed by atoms with Crippen molar-refractivity contribution in [3.63, 3.8) is 0 Å². The molecule has 0 radical (unpaired) electrons. The van der Waals surface area contributed by atoms with Gasteiger partial charge in [-0.2, -0.15) is 0 Å². The van der Waals surface area contributed by atoms with Crippen LogP contribution in [0.4, 0.5) is 0 Å². The molecule has 1 spiro atoms. The molecule has 2 saturated heterocycles. The summed E-state index contributed by atoms with van der Waals surface area (Å²) in [6, 6.07) is 1.84. The van der Waals surface area contributed by atoms with E-state index in [1.165, 1.54) is 13.1 Å². The van der Waals surface area contributed by atoms with Crippen molar-refractivity contribution in [3.8, 4) is 0 Å². The number of hydrogen-bond acceptors (Lipinski definition) is 3. The number of ether oxygens (including phenoxy) is 1. The lowest BCUT2D eigenvalue weighted by atomic mass is 9.81. The summed E-state index contributed by atoms with van der Waals surface area (Å²) in [5.74, 6) is 0. The van der Waals surface area contributed by atoms with Crippen LogP contribution in [0.5, 0.6) is 0 Å². The molecule has 1 N–H and O–H groups in total. The van der Waals surface area contributed by atoms with Gasteiger partial charge in [0.25, 0.3) is 0 Å². The van der Waals surface area contributed by atoms with Crippen molar-refractivity contribution in [3.05, 3.63) is 0 Å². The minimum Gasteiger partial charge on any atom is -0.380 e. The van der Waals surface area contributed by atoms with Gasteiger partial charge in [-0.05, 0) is 13.8 Å². The van der Waals surface area contributed by atoms with E-state index in [2.05, 4.69) is 37.9 Å². The average molecular weight is 212 g/mol. The molecule has 3 nitrogen and oxygen atoms in total. The van der Waals surface area contributed by atoms with E-state index in [1.807, 2.05) is 0 Å². The Morgan fingerprint density at radius 2 is 1.93 bits per heavy atom. The van der Waals surface area contributed by atoms with E-state index >= 15 is 0 Å². The Morgan fingerprint density at radius 1 is 1.27 bits per heavy atom. The number of likely N-dealkylation sites (tertiary alicyclic amines) is 1. The van der Waals surface area contributed by atoms with Gasteiger partial charge in [0.2, 0.25) is 0 Å². The third-order valence-electron chi connectivity index (χ3n) is 3.72. The summed E-state index contributed by atoms with van der Waals surface area (Å²) in [6.45, 7) is 13.3. The first-order valence-electron chi connectivity index (χ1n) is 6.11. The molecule has 2 fully saturated rings. The Hall–Kier alpha value is -0.120. The Morgan fingerprint density at radius 3 is 2.33 bits per heavy atom. The largest absolute Gasteiger partial charge is 0.380 e. The van der Waals surface area contributed by atoms with Crippen molar-refractivity contribution in [2.24, 2.45) is 5.41 Å². The standard InChI is InChI=1S/C12H24N2O/c1-9(2)13-11-5-14(10(3)4)6-12(11)7-15-8-12/h9-11,13H,5-8H2,1-4H3. The van der Waals surface area contributed by atoms with Gasteiger partial charge in [-0.3, -0.25) is 4.90 Å². The third-order valence-corrected chi connectivity index (χ3v) is 3.72. The molecule has 2 heterocycles. The molecule has 15 heavy (non-hydrogen) atoms. The van der Waals surface area contributed by atoms with Crippen LogP contribution >= 0.6 is 0 Å². The minimum atomic E-state index is 0.411. The molecule has 0 bridgehead atoms. The maximum Gasteiger partial charge on any atom is 0.0572 e. The summed E-state index contributed by atoms with van der Waals surface area (Å²) in [5, 5.41) is 3.70. The molecule has 0 aliphatic carbocycles. The summed E-state index contributed by atoms with van der Waals surface area (Å²) in [4.78, 5) is 2.57. The SMILES string of the molecule is CC(C)NC1CN(C(C)C)CC12COC2. The van der Waals surface area contributed by atoms with Crippen LogP contribution in [0.3, 0.4) is 0 Å². The van der Waals surface area contributed by atoms with Crippen molar-refractivity contribution in [2.75, 3.05) is 26.3 Å². The first-order valence-corrected chi connectivity index (χ1v) is 6.11. The van der Waals surface area contributed by atoms with Crippen LogP contribution in [0, 0.1) is 5.41 Å². The summed E-state index contributed by atoms with van der Waals surface area (Å²) in [5.41, 5.74) is 0.411. The first kappa shape index (κ1) is 11.4. The van der Waals surface area contributed by atoms with Crippen molar-refractivity contribution in [2.45, 2.75) is 45.8 Å². The summed E-state index contributed by atoms with van der Waals surface area (Å²) >= 11 is 0. The Kier molecular flexibility index (Phi) is 3.06. The van der Waals surface area contributed by atoms with Gasteiger partial charge >= 0.3 is 0 Å². The van der Waals surface area contributed by atoms with Gasteiger partial charge in [-0.1, -0.05) is 13.8 Å². The fourth-order valence-electron chi connectivity index (χ4n) is 2.69. The second kappa shape index (κ2) is 4.04. The highest BCUT2D eigenvalue weighted by Crippen LogP contribution is 2.38. The van der Waals surface area contributed by atoms with E-state index in [-0.39, 0.29) is 0 Å². The van der Waals surface area contributed by atoms with E-state index in [1.54, 1.807) is 0 Å². The van der Waals surface area contributed by atoms with Crippen LogP contribution in [0.25, 0.3) is 0 Å². The molecule has 0 aromatic carbocycles. The van der Waals surface area contributed by atoms with Crippen molar-refractivity contribution in [1.29, 1.82) is 0 Å². The molecular formula is C12H24N2O. The van der Waals surface area contributed by atoms with E-state index < -0.39 is 0 Å². The summed E-state index contributed by atoms with van der Waals surface area (Å²) in [6.07, 6.45) is 0. The molecule has 0 aromatic heterocycles. The van der Waals surface area contributed by atoms with Crippen LogP contribution in [0.2, 0.25) is 0 Å². The fourth-order valence-corrected chi connectivity index (χ4v) is 2.69. The number of nitrogens with one attached hydrogen (secondary N) is 1. The second-order valence-corrected chi connectivity index (χ2v) is 5.75. The van der Waals surface area contributed by atoms with Crippen LogP contribution in [0.15, 0.2) is 0 Å². The Labute approximate surface area is 93.2 Å². The van der Waals surface area contributed by atoms with Crippen molar-refractivity contribution >= 4 is 0 Å². The van der Waals surface area contributed by atoms with E-state index in [0.717, 1.165) is 13.2 Å². The van der Waals surface area contributed by atoms with Gasteiger partial charge in [-0.25, -0.2) is 0 Å². The predicted octanol–water partition coefficient (Wildman–Crippen LogP) is 1.09. The molecule has 2 aliphatic heterocycles. The monoisotopic (exact) mass is 212 g/mol. The summed E-state index contributed by atoms with van der Waals surface area (Å²) < 4.78 is 5.43. The molecule has 0 saturated carbocycles. The van der Waals surface area contributed by atoms with Crippen LogP contribution in [-0.2, 0) is 4.74 Å². The van der Waals surface area contributed by atoms with Crippen molar-refractivity contribution < 1.29 is 4.74 Å². The highest BCUT2D eigenvalue weighted by Gasteiger charge is 2.52. The lowest BCUT2D eigenvalue weighted by Crippen LogP contribution is -2.57. The molecular weight excluding hydrogens is 188 g/mol. The number of hydrogen-bond donors (Lipinski definition) is 1. The maximum atomic E-state index is 5.43. The zero-order valence-corrected chi connectivity index (χ0v) is 10.4. The van der Waals surface area contributed by atoms with Gasteiger partial charge in [0.15, 0.2) is 0 Å². The zero-order valence-electron chi connectivity index (χ0n) is 10.4. The smallest absolute Gasteiger partial charge is 0.0572 e. The molecule has 0 amide bonds. The van der Waals surface area contributed by atoms with E-state index in [0.29, 0.717) is 23.5 Å². The third kappa shape index (κ3) is 2.05. The predicted molar refractivity (Wildman–Crippen MR) is 62.0 cm³/mol. The molecule has 2 aliphatic rings. The molecule has 1 atom stereocenters. The molecule has 1 unspecified atom stereocenters. The second-order valence-electron chi connectivity index (χ2n) is 5.75. The molecule has 0 aromatic rings. The highest BCUT2D eigenvalue weighted by atomic mass is 16.5. The van der Waals surface area contributed by atoms with E-state index in [4.69, 9.17) is 4.74 Å². The molecule has 88 valence electrons. The zero-order chi connectivity index (χ0) is 11.1. The van der Waals surface area contributed by atoms with E-state index in [9.17, 15) is 0 Å². The average Bonchev–Trinajstić information content (AvgIpc) is 2.42. The first-order chi connectivity index (χ1) is 7.03. The Balaban J connectivity index is 2.02. The van der Waals surface area contributed by atoms with Gasteiger partial charge in [0.1, 0.15) is 0 Å². The van der Waals surface area contributed by atoms with Gasteiger partial charge in [0, 0.05) is 36.6 Å². The number of nitrogens with zero attached hydrogens (tertiary/aromatic N) is 1. The summed E-state index contributed by atoms with van der Waals surface area (Å²) in [7, 11) is 0. The topological polar surface area (TPSA) is 24.5 Å². The van der Waals surface area contributed by atoms with Crippen LogP contribution in [0.1, 0.15) is 27.7 Å². The van der Waals surface area contributed by atoms with Crippen LogP contribution < -0.4 is 5.32 Å².